The summed E-state index contributed by atoms with van der Waals surface area (Å²) < 4.78 is 2.05. The van der Waals surface area contributed by atoms with Crippen molar-refractivity contribution in [3.63, 3.8) is 0 Å². The first-order valence-electron chi connectivity index (χ1n) is 6.55. The fraction of sp³-hybridized carbons (Fsp3) is 0.692. The van der Waals surface area contributed by atoms with Gasteiger partial charge in [-0.15, -0.1) is 0 Å². The number of aryl methyl sites for hydroxylation is 1. The van der Waals surface area contributed by atoms with Gasteiger partial charge in [0.15, 0.2) is 0 Å². The molecule has 0 spiro atoms. The molecule has 18 heavy (non-hydrogen) atoms. The van der Waals surface area contributed by atoms with Gasteiger partial charge in [0.2, 0.25) is 5.95 Å². The van der Waals surface area contributed by atoms with Crippen LogP contribution in [0.1, 0.15) is 40.0 Å². The van der Waals surface area contributed by atoms with Crippen molar-refractivity contribution in [2.75, 3.05) is 5.32 Å². The Morgan fingerprint density at radius 1 is 1.50 bits per heavy atom. The van der Waals surface area contributed by atoms with E-state index in [2.05, 4.69) is 28.7 Å². The highest BCUT2D eigenvalue weighted by Gasteiger charge is 2.12. The topological polar surface area (TPSA) is 67.2 Å². The lowest BCUT2D eigenvalue weighted by molar-refractivity contribution is -0.141. The van der Waals surface area contributed by atoms with E-state index in [0.717, 1.165) is 31.8 Å². The SMILES string of the molecule is CCn1ccnc1NC(C)CCCC(C)C(=O)O. The highest BCUT2D eigenvalue weighted by molar-refractivity contribution is 5.69. The minimum absolute atomic E-state index is 0.255. The van der Waals surface area contributed by atoms with Gasteiger partial charge in [0.05, 0.1) is 5.92 Å². The minimum atomic E-state index is -0.711. The minimum Gasteiger partial charge on any atom is -0.481 e. The third kappa shape index (κ3) is 4.39. The fourth-order valence-corrected chi connectivity index (χ4v) is 1.85. The standard InChI is InChI=1S/C13H23N3O2/c1-4-16-9-8-14-13(16)15-11(3)7-5-6-10(2)12(17)18/h8-11H,4-7H2,1-3H3,(H,14,15)(H,17,18). The first-order valence-corrected chi connectivity index (χ1v) is 6.55. The van der Waals surface area contributed by atoms with E-state index in [-0.39, 0.29) is 5.92 Å². The van der Waals surface area contributed by atoms with E-state index in [4.69, 9.17) is 5.11 Å². The molecule has 0 aliphatic heterocycles. The lowest BCUT2D eigenvalue weighted by atomic mass is 10.0. The number of aromatic nitrogens is 2. The lowest BCUT2D eigenvalue weighted by Crippen LogP contribution is -2.19. The summed E-state index contributed by atoms with van der Waals surface area (Å²) in [4.78, 5) is 14.9. The predicted octanol–water partition coefficient (Wildman–Crippen LogP) is 2.59. The molecule has 1 heterocycles. The van der Waals surface area contributed by atoms with E-state index in [1.165, 1.54) is 0 Å². The second-order valence-electron chi connectivity index (χ2n) is 4.75. The number of imidazole rings is 1. The maximum Gasteiger partial charge on any atom is 0.306 e. The van der Waals surface area contributed by atoms with Gasteiger partial charge in [-0.25, -0.2) is 4.98 Å². The van der Waals surface area contributed by atoms with Gasteiger partial charge in [0.25, 0.3) is 0 Å². The Hall–Kier alpha value is -1.52. The molecule has 2 N–H and O–H groups in total. The summed E-state index contributed by atoms with van der Waals surface area (Å²) in [6.07, 6.45) is 6.32. The first-order chi connectivity index (χ1) is 8.54. The molecule has 0 aliphatic carbocycles. The number of carboxylic acids is 1. The van der Waals surface area contributed by atoms with Gasteiger partial charge in [-0.3, -0.25) is 4.79 Å². The van der Waals surface area contributed by atoms with Crippen LogP contribution in [-0.4, -0.2) is 26.7 Å². The Morgan fingerprint density at radius 3 is 2.83 bits per heavy atom. The van der Waals surface area contributed by atoms with Gasteiger partial charge in [0, 0.05) is 25.0 Å². The monoisotopic (exact) mass is 253 g/mol. The van der Waals surface area contributed by atoms with Crippen molar-refractivity contribution < 1.29 is 9.90 Å². The molecule has 0 fully saturated rings. The molecule has 2 atom stereocenters. The van der Waals surface area contributed by atoms with Gasteiger partial charge in [0.1, 0.15) is 0 Å². The van der Waals surface area contributed by atoms with E-state index >= 15 is 0 Å². The highest BCUT2D eigenvalue weighted by Crippen LogP contribution is 2.13. The molecule has 0 saturated carbocycles. The zero-order chi connectivity index (χ0) is 13.5. The molecule has 1 aromatic heterocycles. The van der Waals surface area contributed by atoms with E-state index in [1.54, 1.807) is 13.1 Å². The molecule has 1 rings (SSSR count). The molecule has 0 aliphatic rings. The van der Waals surface area contributed by atoms with Crippen molar-refractivity contribution in [3.05, 3.63) is 12.4 Å². The van der Waals surface area contributed by atoms with Gasteiger partial charge < -0.3 is 15.0 Å². The zero-order valence-electron chi connectivity index (χ0n) is 11.4. The summed E-state index contributed by atoms with van der Waals surface area (Å²) >= 11 is 0. The molecule has 0 amide bonds. The van der Waals surface area contributed by atoms with Crippen LogP contribution < -0.4 is 5.32 Å². The summed E-state index contributed by atoms with van der Waals surface area (Å²) in [5.41, 5.74) is 0. The fourth-order valence-electron chi connectivity index (χ4n) is 1.85. The maximum absolute atomic E-state index is 10.7. The van der Waals surface area contributed by atoms with Crippen molar-refractivity contribution in [1.29, 1.82) is 0 Å². The molecular formula is C13H23N3O2. The molecule has 0 radical (unpaired) electrons. The van der Waals surface area contributed by atoms with Crippen molar-refractivity contribution in [3.8, 4) is 0 Å². The van der Waals surface area contributed by atoms with Crippen molar-refractivity contribution in [1.82, 2.24) is 9.55 Å². The first kappa shape index (κ1) is 14.5. The Bertz CT molecular complexity index is 376. The Morgan fingerprint density at radius 2 is 2.22 bits per heavy atom. The van der Waals surface area contributed by atoms with Crippen LogP contribution in [0.3, 0.4) is 0 Å². The zero-order valence-corrected chi connectivity index (χ0v) is 11.4. The Labute approximate surface area is 108 Å². The summed E-state index contributed by atoms with van der Waals surface area (Å²) in [6.45, 7) is 6.82. The molecule has 5 heteroatoms. The number of hydrogen-bond acceptors (Lipinski definition) is 3. The number of carbonyl (C=O) groups is 1. The van der Waals surface area contributed by atoms with Crippen LogP contribution in [-0.2, 0) is 11.3 Å². The number of hydrogen-bond donors (Lipinski definition) is 2. The van der Waals surface area contributed by atoms with Gasteiger partial charge in [-0.05, 0) is 26.7 Å². The van der Waals surface area contributed by atoms with E-state index in [0.29, 0.717) is 6.04 Å². The Kier molecular flexibility index (Phi) is 5.68. The van der Waals surface area contributed by atoms with Crippen molar-refractivity contribution in [2.45, 2.75) is 52.6 Å². The van der Waals surface area contributed by atoms with Gasteiger partial charge >= 0.3 is 5.97 Å². The number of nitrogens with zero attached hydrogens (tertiary/aromatic N) is 2. The van der Waals surface area contributed by atoms with E-state index < -0.39 is 5.97 Å². The normalized spacial score (nSPS) is 14.2. The maximum atomic E-state index is 10.7. The van der Waals surface area contributed by atoms with E-state index in [9.17, 15) is 4.79 Å². The van der Waals surface area contributed by atoms with Crippen LogP contribution in [0.15, 0.2) is 12.4 Å². The number of carboxylic acid groups (broad SMARTS) is 1. The van der Waals surface area contributed by atoms with Crippen molar-refractivity contribution in [2.24, 2.45) is 5.92 Å². The average Bonchev–Trinajstić information content (AvgIpc) is 2.75. The second-order valence-corrected chi connectivity index (χ2v) is 4.75. The summed E-state index contributed by atoms with van der Waals surface area (Å²) in [5.74, 6) is -0.0803. The summed E-state index contributed by atoms with van der Waals surface area (Å²) in [5, 5.41) is 12.1. The second kappa shape index (κ2) is 7.03. The molecule has 102 valence electrons. The summed E-state index contributed by atoms with van der Waals surface area (Å²) in [6, 6.07) is 0.304. The molecule has 1 aromatic rings. The highest BCUT2D eigenvalue weighted by atomic mass is 16.4. The van der Waals surface area contributed by atoms with E-state index in [1.807, 2.05) is 6.20 Å². The number of rotatable bonds is 8. The molecular weight excluding hydrogens is 230 g/mol. The molecule has 2 unspecified atom stereocenters. The van der Waals surface area contributed by atoms with Crippen LogP contribution >= 0.6 is 0 Å². The predicted molar refractivity (Wildman–Crippen MR) is 71.6 cm³/mol. The summed E-state index contributed by atoms with van der Waals surface area (Å²) in [7, 11) is 0. The van der Waals surface area contributed by atoms with Crippen LogP contribution in [0.4, 0.5) is 5.95 Å². The molecule has 0 aromatic carbocycles. The third-order valence-corrected chi connectivity index (χ3v) is 3.13. The van der Waals surface area contributed by atoms with Crippen molar-refractivity contribution >= 4 is 11.9 Å². The lowest BCUT2D eigenvalue weighted by Gasteiger charge is -2.15. The smallest absolute Gasteiger partial charge is 0.306 e. The number of aliphatic carboxylic acids is 1. The molecule has 5 nitrogen and oxygen atoms in total. The van der Waals surface area contributed by atoms with Gasteiger partial charge in [-0.2, -0.15) is 0 Å². The average molecular weight is 253 g/mol. The van der Waals surface area contributed by atoms with Crippen LogP contribution in [0.2, 0.25) is 0 Å². The quantitative estimate of drug-likeness (QED) is 0.747. The molecule has 0 bridgehead atoms. The number of anilines is 1. The van der Waals surface area contributed by atoms with Crippen LogP contribution in [0, 0.1) is 5.92 Å². The number of nitrogens with one attached hydrogen (secondary N) is 1. The Balaban J connectivity index is 2.29. The van der Waals surface area contributed by atoms with Crippen LogP contribution in [0.25, 0.3) is 0 Å². The third-order valence-electron chi connectivity index (χ3n) is 3.13. The molecule has 0 saturated heterocycles. The van der Waals surface area contributed by atoms with Gasteiger partial charge in [-0.1, -0.05) is 13.3 Å². The van der Waals surface area contributed by atoms with Crippen LogP contribution in [0.5, 0.6) is 0 Å². The largest absolute Gasteiger partial charge is 0.481 e.